The molecule has 0 saturated heterocycles. The van der Waals surface area contributed by atoms with Gasteiger partial charge in [0.15, 0.2) is 0 Å². The van der Waals surface area contributed by atoms with Gasteiger partial charge in [-0.25, -0.2) is 0 Å². The highest BCUT2D eigenvalue weighted by molar-refractivity contribution is 8.03. The van der Waals surface area contributed by atoms with Gasteiger partial charge in [-0.05, 0) is 75.9 Å². The van der Waals surface area contributed by atoms with E-state index in [1.807, 2.05) is 36.9 Å². The third kappa shape index (κ3) is 6.18. The predicted octanol–water partition coefficient (Wildman–Crippen LogP) is 6.85. The standard InChI is InChI=1S/C29H37N2O2S2/c1-5-30-24-14-12-22(16-18-32-7-3)20-26(24)34-28(30)10-9-11-29-31(6-2)25-15-13-23(17-19-33-8-4)21-27(25)35-29/h9-15,20-21H,5-8,16-19H2,1-4H3/q+1. The quantitative estimate of drug-likeness (QED) is 0.197. The number of allylic oxidation sites excluding steroid dienone is 2. The number of hydrogen-bond donors (Lipinski definition) is 0. The summed E-state index contributed by atoms with van der Waals surface area (Å²) in [4.78, 5) is 3.74. The molecule has 1 aliphatic heterocycles. The minimum absolute atomic E-state index is 0.773. The molecule has 1 aromatic heterocycles. The van der Waals surface area contributed by atoms with Crippen LogP contribution in [-0.4, -0.2) is 33.0 Å². The van der Waals surface area contributed by atoms with Gasteiger partial charge in [0.2, 0.25) is 5.52 Å². The molecular formula is C29H37N2O2S2+. The zero-order valence-electron chi connectivity index (χ0n) is 21.4. The lowest BCUT2D eigenvalue weighted by Gasteiger charge is -2.17. The molecule has 0 aliphatic carbocycles. The van der Waals surface area contributed by atoms with Gasteiger partial charge < -0.3 is 14.4 Å². The van der Waals surface area contributed by atoms with Crippen LogP contribution in [0, 0.1) is 0 Å². The Balaban J connectivity index is 1.51. The highest BCUT2D eigenvalue weighted by Gasteiger charge is 2.24. The van der Waals surface area contributed by atoms with Crippen molar-refractivity contribution >= 4 is 45.1 Å². The molecule has 35 heavy (non-hydrogen) atoms. The van der Waals surface area contributed by atoms with Crippen LogP contribution in [0.4, 0.5) is 5.69 Å². The van der Waals surface area contributed by atoms with Gasteiger partial charge in [0.25, 0.3) is 5.01 Å². The summed E-state index contributed by atoms with van der Waals surface area (Å²) in [5.41, 5.74) is 5.30. The molecule has 0 fully saturated rings. The molecule has 1 aliphatic rings. The second-order valence-corrected chi connectivity index (χ2v) is 10.5. The van der Waals surface area contributed by atoms with Crippen molar-refractivity contribution in [1.29, 1.82) is 0 Å². The van der Waals surface area contributed by atoms with Gasteiger partial charge in [-0.1, -0.05) is 41.3 Å². The molecule has 4 nitrogen and oxygen atoms in total. The van der Waals surface area contributed by atoms with Crippen LogP contribution >= 0.6 is 23.1 Å². The number of ether oxygens (including phenoxy) is 2. The highest BCUT2D eigenvalue weighted by Crippen LogP contribution is 2.46. The van der Waals surface area contributed by atoms with Crippen LogP contribution < -0.4 is 9.47 Å². The molecule has 0 bridgehead atoms. The Labute approximate surface area is 218 Å². The molecule has 0 spiro atoms. The normalized spacial score (nSPS) is 14.6. The first-order valence-corrected chi connectivity index (χ1v) is 14.4. The molecule has 0 amide bonds. The first kappa shape index (κ1) is 26.0. The van der Waals surface area contributed by atoms with E-state index in [9.17, 15) is 0 Å². The maximum absolute atomic E-state index is 5.54. The summed E-state index contributed by atoms with van der Waals surface area (Å²) in [6.45, 7) is 13.6. The average Bonchev–Trinajstić information content (AvgIpc) is 3.40. The van der Waals surface area contributed by atoms with E-state index in [2.05, 4.69) is 77.9 Å². The Hall–Kier alpha value is -2.12. The van der Waals surface area contributed by atoms with Gasteiger partial charge >= 0.3 is 0 Å². The van der Waals surface area contributed by atoms with Gasteiger partial charge in [0, 0.05) is 36.8 Å². The second-order valence-electron chi connectivity index (χ2n) is 8.39. The van der Waals surface area contributed by atoms with E-state index in [1.165, 1.54) is 42.0 Å². The van der Waals surface area contributed by atoms with Gasteiger partial charge in [-0.15, -0.1) is 0 Å². The fourth-order valence-corrected chi connectivity index (χ4v) is 6.80. The molecule has 0 unspecified atom stereocenters. The van der Waals surface area contributed by atoms with Crippen LogP contribution in [-0.2, 0) is 28.9 Å². The van der Waals surface area contributed by atoms with Crippen LogP contribution in [0.15, 0.2) is 58.5 Å². The smallest absolute Gasteiger partial charge is 0.262 e. The fraction of sp³-hybridized carbons (Fsp3) is 0.414. The monoisotopic (exact) mass is 509 g/mol. The molecule has 0 N–H and O–H groups in total. The van der Waals surface area contributed by atoms with Crippen molar-refractivity contribution in [3.05, 3.63) is 69.7 Å². The molecule has 2 aromatic carbocycles. The number of rotatable bonds is 12. The summed E-state index contributed by atoms with van der Waals surface area (Å²) in [5.74, 6) is 0. The summed E-state index contributed by atoms with van der Waals surface area (Å²) in [6, 6.07) is 13.7. The lowest BCUT2D eigenvalue weighted by atomic mass is 10.1. The maximum atomic E-state index is 5.54. The van der Waals surface area contributed by atoms with Crippen LogP contribution in [0.3, 0.4) is 0 Å². The molecule has 3 aromatic rings. The van der Waals surface area contributed by atoms with Gasteiger partial charge in [0.1, 0.15) is 11.2 Å². The van der Waals surface area contributed by atoms with E-state index in [4.69, 9.17) is 9.47 Å². The van der Waals surface area contributed by atoms with Gasteiger partial charge in [0.05, 0.1) is 23.9 Å². The van der Waals surface area contributed by atoms with E-state index in [0.29, 0.717) is 0 Å². The van der Waals surface area contributed by atoms with Crippen LogP contribution in [0.2, 0.25) is 0 Å². The maximum Gasteiger partial charge on any atom is 0.262 e. The lowest BCUT2D eigenvalue weighted by Crippen LogP contribution is -2.33. The molecular weight excluding hydrogens is 472 g/mol. The fourth-order valence-electron chi connectivity index (χ4n) is 4.39. The Morgan fingerprint density at radius 2 is 1.63 bits per heavy atom. The number of fused-ring (bicyclic) bond motifs is 2. The largest absolute Gasteiger partial charge is 0.381 e. The molecule has 0 atom stereocenters. The molecule has 4 rings (SSSR count). The summed E-state index contributed by atoms with van der Waals surface area (Å²) >= 11 is 3.73. The zero-order chi connectivity index (χ0) is 24.6. The SMILES string of the molecule is CCOCCc1ccc2c(c1)SC(=CC=Cc1sc3cc(CCOCC)ccc3[n+]1CC)N2CC. The van der Waals surface area contributed by atoms with E-state index in [0.717, 1.165) is 52.4 Å². The van der Waals surface area contributed by atoms with Crippen molar-refractivity contribution < 1.29 is 14.0 Å². The Bertz CT molecular complexity index is 1200. The first-order chi connectivity index (χ1) is 17.2. The second kappa shape index (κ2) is 12.7. The molecule has 0 radical (unpaired) electrons. The number of aromatic nitrogens is 1. The third-order valence-corrected chi connectivity index (χ3v) is 8.40. The van der Waals surface area contributed by atoms with Crippen molar-refractivity contribution in [2.45, 2.75) is 52.0 Å². The first-order valence-electron chi connectivity index (χ1n) is 12.8. The van der Waals surface area contributed by atoms with Crippen molar-refractivity contribution in [2.75, 3.05) is 37.9 Å². The minimum atomic E-state index is 0.773. The van der Waals surface area contributed by atoms with Crippen molar-refractivity contribution in [2.24, 2.45) is 0 Å². The number of nitrogens with zero attached hydrogens (tertiary/aromatic N) is 2. The Morgan fingerprint density at radius 1 is 0.914 bits per heavy atom. The number of thioether (sulfide) groups is 1. The van der Waals surface area contributed by atoms with E-state index in [1.54, 1.807) is 0 Å². The van der Waals surface area contributed by atoms with Crippen molar-refractivity contribution in [3.8, 4) is 0 Å². The zero-order valence-corrected chi connectivity index (χ0v) is 23.0. The number of aryl methyl sites for hydroxylation is 1. The van der Waals surface area contributed by atoms with Crippen LogP contribution in [0.5, 0.6) is 0 Å². The van der Waals surface area contributed by atoms with Crippen LogP contribution in [0.1, 0.15) is 43.8 Å². The topological polar surface area (TPSA) is 25.6 Å². The molecule has 186 valence electrons. The number of thiazole rings is 1. The number of benzene rings is 2. The van der Waals surface area contributed by atoms with Gasteiger partial charge in [-0.2, -0.15) is 4.57 Å². The predicted molar refractivity (Wildman–Crippen MR) is 151 cm³/mol. The van der Waals surface area contributed by atoms with E-state index < -0.39 is 0 Å². The number of anilines is 1. The lowest BCUT2D eigenvalue weighted by molar-refractivity contribution is -0.665. The number of hydrogen-bond acceptors (Lipinski definition) is 5. The van der Waals surface area contributed by atoms with E-state index >= 15 is 0 Å². The molecule has 6 heteroatoms. The van der Waals surface area contributed by atoms with Crippen molar-refractivity contribution in [3.63, 3.8) is 0 Å². The highest BCUT2D eigenvalue weighted by atomic mass is 32.2. The summed E-state index contributed by atoms with van der Waals surface area (Å²) in [5, 5.41) is 2.56. The Kier molecular flexibility index (Phi) is 9.44. The van der Waals surface area contributed by atoms with Crippen LogP contribution in [0.25, 0.3) is 16.3 Å². The van der Waals surface area contributed by atoms with Gasteiger partial charge in [-0.3, -0.25) is 0 Å². The third-order valence-electron chi connectivity index (χ3n) is 6.18. The average molecular weight is 510 g/mol. The minimum Gasteiger partial charge on any atom is -0.381 e. The van der Waals surface area contributed by atoms with E-state index in [-0.39, 0.29) is 0 Å². The summed E-state index contributed by atoms with van der Waals surface area (Å²) in [6.07, 6.45) is 8.64. The Morgan fingerprint density at radius 3 is 2.31 bits per heavy atom. The van der Waals surface area contributed by atoms with Crippen molar-refractivity contribution in [1.82, 2.24) is 0 Å². The summed E-state index contributed by atoms with van der Waals surface area (Å²) in [7, 11) is 0. The molecule has 0 saturated carbocycles. The molecule has 2 heterocycles. The summed E-state index contributed by atoms with van der Waals surface area (Å²) < 4.78 is 14.8.